The highest BCUT2D eigenvalue weighted by Gasteiger charge is 2.12. The minimum absolute atomic E-state index is 0.976. The van der Waals surface area contributed by atoms with Crippen molar-refractivity contribution in [2.24, 2.45) is 4.99 Å². The number of nitrogens with zero attached hydrogens (tertiary/aromatic N) is 1. The molecule has 14 heavy (non-hydrogen) atoms. The van der Waals surface area contributed by atoms with E-state index in [1.54, 1.807) is 11.8 Å². The molecule has 0 saturated carbocycles. The summed E-state index contributed by atoms with van der Waals surface area (Å²) in [6.45, 7) is 5.91. The topological polar surface area (TPSA) is 12.4 Å². The molecule has 0 radical (unpaired) electrons. The number of thioether (sulfide) groups is 1. The zero-order chi connectivity index (χ0) is 9.97. The van der Waals surface area contributed by atoms with Crippen LogP contribution in [-0.2, 0) is 6.42 Å². The SMILES string of the molecule is C=C(C)SCC1=Nc2ccccc2C1. The van der Waals surface area contributed by atoms with Gasteiger partial charge in [-0.2, -0.15) is 0 Å². The molecule has 2 rings (SSSR count). The Morgan fingerprint density at radius 2 is 2.29 bits per heavy atom. The molecule has 0 spiro atoms. The number of aliphatic imine (C=N–C) groups is 1. The number of allylic oxidation sites excluding steroid dienone is 1. The normalized spacial score (nSPS) is 13.6. The van der Waals surface area contributed by atoms with E-state index in [9.17, 15) is 0 Å². The van der Waals surface area contributed by atoms with E-state index in [0.717, 1.165) is 22.8 Å². The van der Waals surface area contributed by atoms with E-state index in [1.807, 2.05) is 13.0 Å². The standard InChI is InChI=1S/C12H13NS/c1-9(2)14-8-11-7-10-5-3-4-6-12(10)13-11/h3-6H,1,7-8H2,2H3. The maximum atomic E-state index is 4.58. The van der Waals surface area contributed by atoms with Crippen molar-refractivity contribution in [1.82, 2.24) is 0 Å². The zero-order valence-corrected chi connectivity index (χ0v) is 9.10. The Bertz CT molecular complexity index is 393. The van der Waals surface area contributed by atoms with Crippen LogP contribution in [0.15, 0.2) is 40.7 Å². The Hall–Kier alpha value is -1.02. The molecule has 0 aliphatic carbocycles. The molecule has 1 heterocycles. The maximum Gasteiger partial charge on any atom is 0.0665 e. The number of fused-ring (bicyclic) bond motifs is 1. The first-order valence-corrected chi connectivity index (χ1v) is 5.67. The van der Waals surface area contributed by atoms with E-state index < -0.39 is 0 Å². The molecule has 0 N–H and O–H groups in total. The van der Waals surface area contributed by atoms with Crippen molar-refractivity contribution in [3.63, 3.8) is 0 Å². The quantitative estimate of drug-likeness (QED) is 0.731. The molecule has 0 atom stereocenters. The van der Waals surface area contributed by atoms with Crippen LogP contribution in [-0.4, -0.2) is 11.5 Å². The highest BCUT2D eigenvalue weighted by Crippen LogP contribution is 2.27. The summed E-state index contributed by atoms with van der Waals surface area (Å²) >= 11 is 1.77. The Kier molecular flexibility index (Phi) is 2.73. The lowest BCUT2D eigenvalue weighted by Gasteiger charge is -1.98. The molecule has 0 fully saturated rings. The molecule has 0 amide bonds. The first kappa shape index (κ1) is 9.53. The minimum Gasteiger partial charge on any atom is -0.256 e. The van der Waals surface area contributed by atoms with Crippen LogP contribution in [0.2, 0.25) is 0 Å². The fourth-order valence-corrected chi connectivity index (χ4v) is 2.07. The third-order valence-electron chi connectivity index (χ3n) is 2.15. The largest absolute Gasteiger partial charge is 0.256 e. The lowest BCUT2D eigenvalue weighted by atomic mass is 10.1. The molecule has 1 nitrogen and oxygen atoms in total. The zero-order valence-electron chi connectivity index (χ0n) is 8.29. The molecule has 1 aromatic rings. The summed E-state index contributed by atoms with van der Waals surface area (Å²) in [6.07, 6.45) is 1.01. The Morgan fingerprint density at radius 3 is 3.00 bits per heavy atom. The van der Waals surface area contributed by atoms with Gasteiger partial charge in [0.25, 0.3) is 0 Å². The van der Waals surface area contributed by atoms with Crippen molar-refractivity contribution in [3.05, 3.63) is 41.3 Å². The summed E-state index contributed by atoms with van der Waals surface area (Å²) in [5.41, 5.74) is 3.76. The van der Waals surface area contributed by atoms with Gasteiger partial charge in [0.1, 0.15) is 0 Å². The molecule has 1 aliphatic heterocycles. The lowest BCUT2D eigenvalue weighted by Crippen LogP contribution is -2.00. The molecule has 72 valence electrons. The van der Waals surface area contributed by atoms with Crippen molar-refractivity contribution < 1.29 is 0 Å². The van der Waals surface area contributed by atoms with Gasteiger partial charge >= 0.3 is 0 Å². The van der Waals surface area contributed by atoms with Gasteiger partial charge in [-0.3, -0.25) is 4.99 Å². The van der Waals surface area contributed by atoms with Crippen LogP contribution in [0.25, 0.3) is 0 Å². The molecule has 1 aromatic carbocycles. The van der Waals surface area contributed by atoms with E-state index in [4.69, 9.17) is 0 Å². The van der Waals surface area contributed by atoms with Gasteiger partial charge in [-0.1, -0.05) is 24.8 Å². The Labute approximate surface area is 88.9 Å². The minimum atomic E-state index is 0.976. The first-order chi connectivity index (χ1) is 6.75. The van der Waals surface area contributed by atoms with E-state index in [-0.39, 0.29) is 0 Å². The van der Waals surface area contributed by atoms with E-state index in [0.29, 0.717) is 0 Å². The highest BCUT2D eigenvalue weighted by atomic mass is 32.2. The van der Waals surface area contributed by atoms with Gasteiger partial charge in [0, 0.05) is 17.9 Å². The van der Waals surface area contributed by atoms with Crippen LogP contribution < -0.4 is 0 Å². The van der Waals surface area contributed by atoms with Gasteiger partial charge < -0.3 is 0 Å². The van der Waals surface area contributed by atoms with Crippen LogP contribution in [0.4, 0.5) is 5.69 Å². The van der Waals surface area contributed by atoms with Crippen molar-refractivity contribution in [1.29, 1.82) is 0 Å². The number of benzene rings is 1. The van der Waals surface area contributed by atoms with Gasteiger partial charge in [-0.05, 0) is 23.5 Å². The van der Waals surface area contributed by atoms with Crippen LogP contribution in [0.1, 0.15) is 12.5 Å². The number of rotatable bonds is 3. The molecular weight excluding hydrogens is 190 g/mol. The molecular formula is C12H13NS. The molecule has 0 aromatic heterocycles. The van der Waals surface area contributed by atoms with Crippen LogP contribution in [0.3, 0.4) is 0 Å². The van der Waals surface area contributed by atoms with E-state index in [2.05, 4.69) is 29.8 Å². The van der Waals surface area contributed by atoms with Crippen LogP contribution >= 0.6 is 11.8 Å². The second-order valence-corrected chi connectivity index (χ2v) is 4.75. The molecule has 0 saturated heterocycles. The van der Waals surface area contributed by atoms with Crippen molar-refractivity contribution in [2.45, 2.75) is 13.3 Å². The van der Waals surface area contributed by atoms with Gasteiger partial charge in [0.05, 0.1) is 5.69 Å². The lowest BCUT2D eigenvalue weighted by molar-refractivity contribution is 1.39. The predicted molar refractivity (Wildman–Crippen MR) is 64.5 cm³/mol. The van der Waals surface area contributed by atoms with E-state index >= 15 is 0 Å². The summed E-state index contributed by atoms with van der Waals surface area (Å²) < 4.78 is 0. The summed E-state index contributed by atoms with van der Waals surface area (Å²) in [6, 6.07) is 8.34. The fourth-order valence-electron chi connectivity index (χ4n) is 1.49. The van der Waals surface area contributed by atoms with Gasteiger partial charge in [-0.25, -0.2) is 0 Å². The molecule has 2 heteroatoms. The van der Waals surface area contributed by atoms with Gasteiger partial charge in [0.15, 0.2) is 0 Å². The molecule has 1 aliphatic rings. The van der Waals surface area contributed by atoms with Crippen LogP contribution in [0, 0.1) is 0 Å². The summed E-state index contributed by atoms with van der Waals surface area (Å²) in [7, 11) is 0. The number of hydrogen-bond acceptors (Lipinski definition) is 2. The highest BCUT2D eigenvalue weighted by molar-refractivity contribution is 8.03. The third kappa shape index (κ3) is 2.07. The third-order valence-corrected chi connectivity index (χ3v) is 3.12. The number of para-hydroxylation sites is 1. The second-order valence-electron chi connectivity index (χ2n) is 3.47. The summed E-state index contributed by atoms with van der Waals surface area (Å²) in [5, 5.41) is 0. The summed E-state index contributed by atoms with van der Waals surface area (Å²) in [4.78, 5) is 5.73. The smallest absolute Gasteiger partial charge is 0.0665 e. The molecule has 0 bridgehead atoms. The average molecular weight is 203 g/mol. The van der Waals surface area contributed by atoms with Crippen LogP contribution in [0.5, 0.6) is 0 Å². The monoisotopic (exact) mass is 203 g/mol. The van der Waals surface area contributed by atoms with Crippen molar-refractivity contribution in [2.75, 3.05) is 5.75 Å². The van der Waals surface area contributed by atoms with Crippen molar-refractivity contribution in [3.8, 4) is 0 Å². The van der Waals surface area contributed by atoms with E-state index in [1.165, 1.54) is 11.3 Å². The maximum absolute atomic E-state index is 4.58. The first-order valence-electron chi connectivity index (χ1n) is 4.68. The number of hydrogen-bond donors (Lipinski definition) is 0. The molecule has 0 unspecified atom stereocenters. The van der Waals surface area contributed by atoms with Crippen molar-refractivity contribution >= 4 is 23.2 Å². The summed E-state index contributed by atoms with van der Waals surface area (Å²) in [5.74, 6) is 0.976. The predicted octanol–water partition coefficient (Wildman–Crippen LogP) is 3.58. The second kappa shape index (κ2) is 4.01. The Morgan fingerprint density at radius 1 is 1.50 bits per heavy atom. The average Bonchev–Trinajstić information content (AvgIpc) is 2.57. The Balaban J connectivity index is 2.05. The van der Waals surface area contributed by atoms with Gasteiger partial charge in [-0.15, -0.1) is 11.8 Å². The van der Waals surface area contributed by atoms with Gasteiger partial charge in [0.2, 0.25) is 0 Å². The fraction of sp³-hybridized carbons (Fsp3) is 0.250.